The molecular formula is C15H22ClN3. The Bertz CT molecular complexity index is 560. The van der Waals surface area contributed by atoms with Crippen molar-refractivity contribution >= 4 is 22.8 Å². The lowest BCUT2D eigenvalue weighted by molar-refractivity contribution is 0.477. The van der Waals surface area contributed by atoms with E-state index in [1.807, 2.05) is 26.0 Å². The van der Waals surface area contributed by atoms with Gasteiger partial charge in [0, 0.05) is 11.7 Å². The Morgan fingerprint density at radius 3 is 2.63 bits per heavy atom. The van der Waals surface area contributed by atoms with Crippen molar-refractivity contribution in [1.29, 1.82) is 0 Å². The van der Waals surface area contributed by atoms with Crippen molar-refractivity contribution < 1.29 is 0 Å². The summed E-state index contributed by atoms with van der Waals surface area (Å²) >= 11 is 6.29. The van der Waals surface area contributed by atoms with Gasteiger partial charge in [-0.1, -0.05) is 19.8 Å². The van der Waals surface area contributed by atoms with Gasteiger partial charge in [-0.05, 0) is 39.3 Å². The lowest BCUT2D eigenvalue weighted by atomic mass is 10.1. The van der Waals surface area contributed by atoms with E-state index in [0.29, 0.717) is 6.04 Å². The maximum Gasteiger partial charge on any atom is 0.160 e. The molecule has 0 N–H and O–H groups in total. The average molecular weight is 280 g/mol. The zero-order valence-electron chi connectivity index (χ0n) is 12.2. The quantitative estimate of drug-likeness (QED) is 0.737. The Balaban J connectivity index is 2.53. The van der Waals surface area contributed by atoms with Gasteiger partial charge in [0.05, 0.1) is 5.38 Å². The van der Waals surface area contributed by atoms with E-state index >= 15 is 0 Å². The van der Waals surface area contributed by atoms with E-state index in [0.717, 1.165) is 29.1 Å². The maximum atomic E-state index is 6.29. The highest BCUT2D eigenvalue weighted by atomic mass is 35.5. The molecule has 2 atom stereocenters. The van der Waals surface area contributed by atoms with Crippen LogP contribution in [0.3, 0.4) is 0 Å². The molecule has 2 aromatic rings. The van der Waals surface area contributed by atoms with Gasteiger partial charge in [-0.2, -0.15) is 0 Å². The second-order valence-corrected chi connectivity index (χ2v) is 5.90. The summed E-state index contributed by atoms with van der Waals surface area (Å²) in [6, 6.07) is 4.41. The van der Waals surface area contributed by atoms with Gasteiger partial charge in [0.1, 0.15) is 11.3 Å². The number of aromatic nitrogens is 3. The Labute approximate surface area is 120 Å². The van der Waals surface area contributed by atoms with E-state index in [4.69, 9.17) is 11.6 Å². The molecule has 19 heavy (non-hydrogen) atoms. The third-order valence-corrected chi connectivity index (χ3v) is 3.67. The van der Waals surface area contributed by atoms with Crippen molar-refractivity contribution in [3.63, 3.8) is 0 Å². The van der Waals surface area contributed by atoms with Crippen molar-refractivity contribution in [1.82, 2.24) is 14.5 Å². The minimum absolute atomic E-state index is 0.0985. The molecule has 2 heterocycles. The summed E-state index contributed by atoms with van der Waals surface area (Å²) in [6.45, 7) is 8.42. The van der Waals surface area contributed by atoms with Crippen molar-refractivity contribution in [3.8, 4) is 0 Å². The highest BCUT2D eigenvalue weighted by Gasteiger charge is 2.19. The van der Waals surface area contributed by atoms with Gasteiger partial charge in [0.2, 0.25) is 0 Å². The molecule has 0 radical (unpaired) electrons. The normalized spacial score (nSPS) is 14.8. The van der Waals surface area contributed by atoms with Crippen molar-refractivity contribution in [2.24, 2.45) is 0 Å². The van der Waals surface area contributed by atoms with Crippen molar-refractivity contribution in [2.45, 2.75) is 58.4 Å². The van der Waals surface area contributed by atoms with Gasteiger partial charge in [-0.3, -0.25) is 0 Å². The highest BCUT2D eigenvalue weighted by Crippen LogP contribution is 2.29. The average Bonchev–Trinajstić information content (AvgIpc) is 2.74. The summed E-state index contributed by atoms with van der Waals surface area (Å²) < 4.78 is 2.22. The number of halogens is 1. The molecule has 0 amide bonds. The molecule has 0 aliphatic rings. The Hall–Kier alpha value is -1.09. The van der Waals surface area contributed by atoms with Gasteiger partial charge in [0.15, 0.2) is 5.65 Å². The number of pyridine rings is 1. The van der Waals surface area contributed by atoms with Crippen LogP contribution in [0.15, 0.2) is 12.1 Å². The fraction of sp³-hybridized carbons (Fsp3) is 0.600. The van der Waals surface area contributed by atoms with Gasteiger partial charge in [-0.25, -0.2) is 9.97 Å². The van der Waals surface area contributed by atoms with E-state index in [-0.39, 0.29) is 5.38 Å². The lowest BCUT2D eigenvalue weighted by Crippen LogP contribution is -2.10. The number of hydrogen-bond acceptors (Lipinski definition) is 2. The standard InChI is InChI=1S/C15H22ClN3/c1-5-6-7-11(3)19-14(12(4)16)18-13-9-8-10(2)17-15(13)19/h8-9,11-12H,5-7H2,1-4H3. The first-order chi connectivity index (χ1) is 9.04. The molecule has 2 aromatic heterocycles. The molecule has 3 nitrogen and oxygen atoms in total. The summed E-state index contributed by atoms with van der Waals surface area (Å²) in [4.78, 5) is 9.30. The van der Waals surface area contributed by atoms with E-state index < -0.39 is 0 Å². The summed E-state index contributed by atoms with van der Waals surface area (Å²) in [5.41, 5.74) is 2.92. The van der Waals surface area contributed by atoms with E-state index in [2.05, 4.69) is 28.4 Å². The van der Waals surface area contributed by atoms with Crippen LogP contribution in [0.2, 0.25) is 0 Å². The third-order valence-electron chi connectivity index (χ3n) is 3.48. The van der Waals surface area contributed by atoms with Crippen LogP contribution in [0, 0.1) is 6.92 Å². The van der Waals surface area contributed by atoms with Crippen molar-refractivity contribution in [2.75, 3.05) is 0 Å². The second-order valence-electron chi connectivity index (χ2n) is 5.24. The van der Waals surface area contributed by atoms with Crippen LogP contribution >= 0.6 is 11.6 Å². The molecule has 0 fully saturated rings. The van der Waals surface area contributed by atoms with Gasteiger partial charge in [-0.15, -0.1) is 11.6 Å². The topological polar surface area (TPSA) is 30.7 Å². The fourth-order valence-corrected chi connectivity index (χ4v) is 2.58. The van der Waals surface area contributed by atoms with Crippen LogP contribution in [0.5, 0.6) is 0 Å². The largest absolute Gasteiger partial charge is 0.309 e. The van der Waals surface area contributed by atoms with E-state index in [1.54, 1.807) is 0 Å². The molecule has 0 spiro atoms. The van der Waals surface area contributed by atoms with Crippen LogP contribution in [0.1, 0.15) is 63.0 Å². The Morgan fingerprint density at radius 2 is 2.00 bits per heavy atom. The van der Waals surface area contributed by atoms with Crippen LogP contribution in [-0.4, -0.2) is 14.5 Å². The highest BCUT2D eigenvalue weighted by molar-refractivity contribution is 6.20. The molecule has 0 saturated carbocycles. The van der Waals surface area contributed by atoms with E-state index in [9.17, 15) is 0 Å². The number of fused-ring (bicyclic) bond motifs is 1. The lowest BCUT2D eigenvalue weighted by Gasteiger charge is -2.17. The van der Waals surface area contributed by atoms with Crippen LogP contribution in [0.4, 0.5) is 0 Å². The zero-order chi connectivity index (χ0) is 14.0. The summed E-state index contributed by atoms with van der Waals surface area (Å²) in [6.07, 6.45) is 3.55. The van der Waals surface area contributed by atoms with Crippen LogP contribution < -0.4 is 0 Å². The van der Waals surface area contributed by atoms with Gasteiger partial charge >= 0.3 is 0 Å². The third kappa shape index (κ3) is 2.92. The van der Waals surface area contributed by atoms with Crippen LogP contribution in [-0.2, 0) is 0 Å². The number of alkyl halides is 1. The number of nitrogens with zero attached hydrogens (tertiary/aromatic N) is 3. The van der Waals surface area contributed by atoms with Crippen molar-refractivity contribution in [3.05, 3.63) is 23.7 Å². The van der Waals surface area contributed by atoms with E-state index in [1.165, 1.54) is 12.8 Å². The number of unbranched alkanes of at least 4 members (excludes halogenated alkanes) is 1. The van der Waals surface area contributed by atoms with Gasteiger partial charge < -0.3 is 4.57 Å². The second kappa shape index (κ2) is 5.91. The fourth-order valence-electron chi connectivity index (χ4n) is 2.43. The summed E-state index contributed by atoms with van der Waals surface area (Å²) in [7, 11) is 0. The molecule has 2 unspecified atom stereocenters. The van der Waals surface area contributed by atoms with Crippen LogP contribution in [0.25, 0.3) is 11.2 Å². The predicted octanol–water partition coefficient (Wildman–Crippen LogP) is 4.79. The predicted molar refractivity (Wildman–Crippen MR) is 80.8 cm³/mol. The molecule has 0 bridgehead atoms. The molecule has 0 aliphatic heterocycles. The molecule has 0 aliphatic carbocycles. The molecule has 2 rings (SSSR count). The number of aryl methyl sites for hydroxylation is 1. The smallest absolute Gasteiger partial charge is 0.160 e. The Kier molecular flexibility index (Phi) is 4.46. The summed E-state index contributed by atoms with van der Waals surface area (Å²) in [5.74, 6) is 0.929. The number of imidazole rings is 1. The monoisotopic (exact) mass is 279 g/mol. The first kappa shape index (κ1) is 14.3. The minimum Gasteiger partial charge on any atom is -0.309 e. The zero-order valence-corrected chi connectivity index (χ0v) is 12.9. The Morgan fingerprint density at radius 1 is 1.26 bits per heavy atom. The number of rotatable bonds is 5. The molecule has 104 valence electrons. The molecule has 4 heteroatoms. The molecular weight excluding hydrogens is 258 g/mol. The minimum atomic E-state index is -0.0985. The SMILES string of the molecule is CCCCC(C)n1c(C(C)Cl)nc2ccc(C)nc21. The summed E-state index contributed by atoms with van der Waals surface area (Å²) in [5, 5.41) is -0.0985. The van der Waals surface area contributed by atoms with Gasteiger partial charge in [0.25, 0.3) is 0 Å². The molecule has 0 aromatic carbocycles. The first-order valence-electron chi connectivity index (χ1n) is 7.04. The first-order valence-corrected chi connectivity index (χ1v) is 7.47. The molecule has 0 saturated heterocycles. The maximum absolute atomic E-state index is 6.29. The number of hydrogen-bond donors (Lipinski definition) is 0.